The van der Waals surface area contributed by atoms with Gasteiger partial charge in [0.05, 0.1) is 17.5 Å². The maximum absolute atomic E-state index is 12.9. The monoisotopic (exact) mass is 444 g/mol. The van der Waals surface area contributed by atoms with Crippen LogP contribution in [0.4, 0.5) is 0 Å². The fourth-order valence-corrected chi connectivity index (χ4v) is 5.10. The molecule has 0 aliphatic carbocycles. The second kappa shape index (κ2) is 9.29. The van der Waals surface area contributed by atoms with Gasteiger partial charge in [-0.2, -0.15) is 5.26 Å². The van der Waals surface area contributed by atoms with Gasteiger partial charge in [0.25, 0.3) is 0 Å². The number of carbonyl (C=O) groups excluding carboxylic acids is 1. The van der Waals surface area contributed by atoms with Crippen LogP contribution in [0.25, 0.3) is 16.9 Å². The Balaban J connectivity index is 1.48. The van der Waals surface area contributed by atoms with Crippen molar-refractivity contribution in [1.82, 2.24) is 14.5 Å². The van der Waals surface area contributed by atoms with Gasteiger partial charge in [-0.05, 0) is 37.1 Å². The predicted octanol–water partition coefficient (Wildman–Crippen LogP) is 5.58. The molecule has 0 saturated carbocycles. The number of aryl methyl sites for hydroxylation is 2. The van der Waals surface area contributed by atoms with E-state index in [0.717, 1.165) is 22.1 Å². The summed E-state index contributed by atoms with van der Waals surface area (Å²) in [7, 11) is 0. The van der Waals surface area contributed by atoms with Gasteiger partial charge in [-0.1, -0.05) is 48.2 Å². The molecular weight excluding hydrogens is 424 g/mol. The quantitative estimate of drug-likeness (QED) is 0.348. The van der Waals surface area contributed by atoms with E-state index in [-0.39, 0.29) is 11.5 Å². The zero-order valence-corrected chi connectivity index (χ0v) is 18.8. The second-order valence-corrected chi connectivity index (χ2v) is 9.01. The molecule has 4 rings (SSSR count). The van der Waals surface area contributed by atoms with Crippen molar-refractivity contribution in [2.75, 3.05) is 5.75 Å². The summed E-state index contributed by atoms with van der Waals surface area (Å²) >= 11 is 2.69. The van der Waals surface area contributed by atoms with Crippen molar-refractivity contribution in [1.29, 1.82) is 5.26 Å². The van der Waals surface area contributed by atoms with Crippen molar-refractivity contribution in [3.05, 3.63) is 82.4 Å². The first-order chi connectivity index (χ1) is 15.0. The fraction of sp³-hybridized carbons (Fsp3) is 0.167. The lowest BCUT2D eigenvalue weighted by Crippen LogP contribution is -2.13. The molecule has 1 unspecified atom stereocenters. The van der Waals surface area contributed by atoms with E-state index < -0.39 is 5.92 Å². The first-order valence-electron chi connectivity index (χ1n) is 9.73. The van der Waals surface area contributed by atoms with Gasteiger partial charge in [0.2, 0.25) is 0 Å². The number of Topliss-reactive ketones (excluding diaryl/α,β-unsaturated/α-hetero) is 1. The number of nitrogens with zero attached hydrogens (tertiary/aromatic N) is 4. The summed E-state index contributed by atoms with van der Waals surface area (Å²) < 4.78 is 1.97. The number of thiazole rings is 1. The average molecular weight is 445 g/mol. The smallest absolute Gasteiger partial charge is 0.173 e. The van der Waals surface area contributed by atoms with E-state index in [1.165, 1.54) is 34.2 Å². The number of hydrogen-bond acceptors (Lipinski definition) is 6. The summed E-state index contributed by atoms with van der Waals surface area (Å²) in [6.45, 7) is 4.11. The number of carbonyl (C=O) groups is 1. The van der Waals surface area contributed by atoms with Crippen LogP contribution >= 0.6 is 23.1 Å². The van der Waals surface area contributed by atoms with Crippen molar-refractivity contribution in [2.45, 2.75) is 24.9 Å². The highest BCUT2D eigenvalue weighted by atomic mass is 32.2. The maximum Gasteiger partial charge on any atom is 0.173 e. The van der Waals surface area contributed by atoms with E-state index in [2.05, 4.69) is 48.1 Å². The minimum Gasteiger partial charge on any atom is -0.297 e. The number of hydrogen-bond donors (Lipinski definition) is 0. The summed E-state index contributed by atoms with van der Waals surface area (Å²) in [4.78, 5) is 21.8. The number of rotatable bonds is 7. The summed E-state index contributed by atoms with van der Waals surface area (Å²) in [6.07, 6.45) is 3.61. The summed E-state index contributed by atoms with van der Waals surface area (Å²) in [5, 5.41) is 12.8. The molecule has 2 aromatic carbocycles. The molecule has 2 aromatic heterocycles. The molecule has 0 aliphatic rings. The van der Waals surface area contributed by atoms with Crippen LogP contribution in [0, 0.1) is 25.2 Å². The highest BCUT2D eigenvalue weighted by Gasteiger charge is 2.24. The Morgan fingerprint density at radius 2 is 1.94 bits per heavy atom. The van der Waals surface area contributed by atoms with Gasteiger partial charge in [-0.25, -0.2) is 9.97 Å². The Labute approximate surface area is 189 Å². The zero-order valence-electron chi connectivity index (χ0n) is 17.1. The Morgan fingerprint density at radius 1 is 1.19 bits per heavy atom. The molecule has 5 nitrogen and oxygen atoms in total. The summed E-state index contributed by atoms with van der Waals surface area (Å²) in [6, 6.07) is 18.2. The fourth-order valence-electron chi connectivity index (χ4n) is 3.33. The van der Waals surface area contributed by atoms with Crippen molar-refractivity contribution in [2.24, 2.45) is 0 Å². The van der Waals surface area contributed by atoms with Crippen molar-refractivity contribution < 1.29 is 4.79 Å². The summed E-state index contributed by atoms with van der Waals surface area (Å²) in [5.74, 6) is -0.892. The Hall–Kier alpha value is -3.21. The van der Waals surface area contributed by atoms with Crippen molar-refractivity contribution in [3.8, 4) is 23.0 Å². The van der Waals surface area contributed by atoms with Crippen LogP contribution in [0.15, 0.2) is 71.5 Å². The molecule has 2 heterocycles. The van der Waals surface area contributed by atoms with Gasteiger partial charge < -0.3 is 0 Å². The minimum absolute atomic E-state index is 0.153. The average Bonchev–Trinajstić information content (AvgIpc) is 3.43. The molecule has 0 spiro atoms. The molecule has 1 atom stereocenters. The standard InChI is InChI=1S/C24H20N4OS2/c1-16-10-17(2)12-19(11-16)28-9-8-26-24(28)31-15-22(29)20(13-25)23-27-21(14-30-23)18-6-4-3-5-7-18/h3-12,14,20H,15H2,1-2H3. The maximum atomic E-state index is 12.9. The predicted molar refractivity (Wildman–Crippen MR) is 125 cm³/mol. The Morgan fingerprint density at radius 3 is 2.65 bits per heavy atom. The Kier molecular flexibility index (Phi) is 6.31. The highest BCUT2D eigenvalue weighted by Crippen LogP contribution is 2.29. The lowest BCUT2D eigenvalue weighted by atomic mass is 10.1. The third-order valence-electron chi connectivity index (χ3n) is 4.72. The number of benzene rings is 2. The first-order valence-corrected chi connectivity index (χ1v) is 11.6. The summed E-state index contributed by atoms with van der Waals surface area (Å²) in [5.41, 5.74) is 5.09. The van der Waals surface area contributed by atoms with Crippen LogP contribution in [0.1, 0.15) is 22.1 Å². The molecule has 4 aromatic rings. The van der Waals surface area contributed by atoms with Crippen LogP contribution < -0.4 is 0 Å². The van der Waals surface area contributed by atoms with Gasteiger partial charge in [0.15, 0.2) is 16.9 Å². The van der Waals surface area contributed by atoms with Crippen LogP contribution in [0.3, 0.4) is 0 Å². The van der Waals surface area contributed by atoms with E-state index in [9.17, 15) is 10.1 Å². The lowest BCUT2D eigenvalue weighted by Gasteiger charge is -2.10. The van der Waals surface area contributed by atoms with Crippen LogP contribution in [-0.4, -0.2) is 26.1 Å². The molecule has 154 valence electrons. The zero-order chi connectivity index (χ0) is 21.8. The molecule has 0 aliphatic heterocycles. The van der Waals surface area contributed by atoms with E-state index in [4.69, 9.17) is 0 Å². The topological polar surface area (TPSA) is 71.6 Å². The molecule has 31 heavy (non-hydrogen) atoms. The third kappa shape index (κ3) is 4.76. The minimum atomic E-state index is -0.875. The molecule has 0 N–H and O–H groups in total. The third-order valence-corrected chi connectivity index (χ3v) is 6.62. The van der Waals surface area contributed by atoms with E-state index >= 15 is 0 Å². The number of imidazole rings is 1. The van der Waals surface area contributed by atoms with Gasteiger partial charge in [-0.3, -0.25) is 9.36 Å². The van der Waals surface area contributed by atoms with E-state index in [1.54, 1.807) is 6.20 Å². The highest BCUT2D eigenvalue weighted by molar-refractivity contribution is 7.99. The SMILES string of the molecule is Cc1cc(C)cc(-n2ccnc2SCC(=O)C(C#N)c2nc(-c3ccccc3)cs2)c1. The molecule has 0 amide bonds. The molecule has 0 saturated heterocycles. The molecular formula is C24H20N4OS2. The van der Waals surface area contributed by atoms with Gasteiger partial charge in [-0.15, -0.1) is 11.3 Å². The van der Waals surface area contributed by atoms with Gasteiger partial charge >= 0.3 is 0 Å². The van der Waals surface area contributed by atoms with Gasteiger partial charge in [0.1, 0.15) is 5.01 Å². The first kappa shape index (κ1) is 21.0. The Bertz CT molecular complexity index is 1230. The van der Waals surface area contributed by atoms with Crippen molar-refractivity contribution in [3.63, 3.8) is 0 Å². The van der Waals surface area contributed by atoms with Crippen LogP contribution in [-0.2, 0) is 4.79 Å². The normalized spacial score (nSPS) is 11.8. The molecule has 0 fully saturated rings. The largest absolute Gasteiger partial charge is 0.297 e. The number of ketones is 1. The lowest BCUT2D eigenvalue weighted by molar-refractivity contribution is -0.116. The molecule has 0 radical (unpaired) electrons. The van der Waals surface area contributed by atoms with E-state index in [0.29, 0.717) is 5.01 Å². The number of thioether (sulfide) groups is 1. The number of nitriles is 1. The van der Waals surface area contributed by atoms with Crippen LogP contribution in [0.5, 0.6) is 0 Å². The van der Waals surface area contributed by atoms with E-state index in [1.807, 2.05) is 46.5 Å². The second-order valence-electron chi connectivity index (χ2n) is 7.18. The molecule has 7 heteroatoms. The van der Waals surface area contributed by atoms with Crippen LogP contribution in [0.2, 0.25) is 0 Å². The van der Waals surface area contributed by atoms with Gasteiger partial charge in [0, 0.05) is 29.0 Å². The number of aromatic nitrogens is 3. The van der Waals surface area contributed by atoms with Crippen molar-refractivity contribution >= 4 is 28.9 Å². The molecule has 0 bridgehead atoms.